The van der Waals surface area contributed by atoms with Crippen molar-refractivity contribution in [2.45, 2.75) is 52.3 Å². The summed E-state index contributed by atoms with van der Waals surface area (Å²) < 4.78 is 46.9. The van der Waals surface area contributed by atoms with Gasteiger partial charge in [-0.3, -0.25) is 9.59 Å². The van der Waals surface area contributed by atoms with E-state index >= 15 is 0 Å². The lowest BCUT2D eigenvalue weighted by Gasteiger charge is -2.38. The highest BCUT2D eigenvalue weighted by Gasteiger charge is 2.40. The molecule has 0 atom stereocenters. The number of hydrogen-bond acceptors (Lipinski definition) is 5. The molecule has 1 aromatic heterocycles. The molecule has 0 bridgehead atoms. The Morgan fingerprint density at radius 3 is 2.19 bits per heavy atom. The molecule has 2 heterocycles. The quantitative estimate of drug-likeness (QED) is 0.561. The number of benzene rings is 1. The average Bonchev–Trinajstić information content (AvgIpc) is 3.28. The summed E-state index contributed by atoms with van der Waals surface area (Å²) in [6, 6.07) is 8.15. The zero-order valence-electron chi connectivity index (χ0n) is 21.3. The highest BCUT2D eigenvalue weighted by Crippen LogP contribution is 2.32. The number of carbonyl (C=O) groups is 3. The second-order valence-electron chi connectivity index (χ2n) is 10.2. The molecule has 202 valence electrons. The summed E-state index contributed by atoms with van der Waals surface area (Å²) in [4.78, 5) is 39.1. The maximum absolute atomic E-state index is 13.5. The predicted octanol–water partition coefficient (Wildman–Crippen LogP) is 3.77. The second-order valence-corrected chi connectivity index (χ2v) is 10.2. The van der Waals surface area contributed by atoms with E-state index in [1.54, 1.807) is 62.9 Å². The van der Waals surface area contributed by atoms with Crippen LogP contribution in [0.3, 0.4) is 0 Å². The Labute approximate surface area is 213 Å². The Kier molecular flexibility index (Phi) is 8.19. The Balaban J connectivity index is 1.52. The van der Waals surface area contributed by atoms with Gasteiger partial charge in [-0.15, -0.1) is 0 Å². The van der Waals surface area contributed by atoms with Crippen LogP contribution >= 0.6 is 0 Å². The summed E-state index contributed by atoms with van der Waals surface area (Å²) in [7, 11) is 0. The number of piperidine rings is 1. The lowest BCUT2D eigenvalue weighted by atomic mass is 9.79. The van der Waals surface area contributed by atoms with Gasteiger partial charge in [0, 0.05) is 37.8 Å². The molecule has 2 N–H and O–H groups in total. The predicted molar refractivity (Wildman–Crippen MR) is 129 cm³/mol. The molecule has 9 nitrogen and oxygen atoms in total. The standard InChI is InChI=1S/C25H32F3N5O4/c1-23(2,3)37-22(36)32-14-10-24(4,11-15-32)21(35)30-13-12-29-20(34)18-16-33(17-8-6-5-7-9-17)31-19(18)25(26,27)28/h5-9,16H,10-15H2,1-4H3,(H,29,34)(H,30,35). The molecule has 3 rings (SSSR count). The fourth-order valence-electron chi connectivity index (χ4n) is 3.86. The smallest absolute Gasteiger partial charge is 0.435 e. The first-order valence-electron chi connectivity index (χ1n) is 12.0. The van der Waals surface area contributed by atoms with E-state index in [0.717, 1.165) is 10.9 Å². The van der Waals surface area contributed by atoms with Gasteiger partial charge in [-0.2, -0.15) is 18.3 Å². The van der Waals surface area contributed by atoms with Crippen LogP contribution in [0.1, 0.15) is 56.6 Å². The number of alkyl halides is 3. The van der Waals surface area contributed by atoms with Crippen LogP contribution in [0.2, 0.25) is 0 Å². The third kappa shape index (κ3) is 7.23. The van der Waals surface area contributed by atoms with Crippen LogP contribution in [-0.4, -0.2) is 64.4 Å². The molecule has 37 heavy (non-hydrogen) atoms. The van der Waals surface area contributed by atoms with Crippen molar-refractivity contribution >= 4 is 17.9 Å². The van der Waals surface area contributed by atoms with Crippen molar-refractivity contribution in [3.63, 3.8) is 0 Å². The fraction of sp³-hybridized carbons (Fsp3) is 0.520. The van der Waals surface area contributed by atoms with Gasteiger partial charge in [0.05, 0.1) is 11.3 Å². The van der Waals surface area contributed by atoms with Crippen LogP contribution in [0.15, 0.2) is 36.5 Å². The van der Waals surface area contributed by atoms with Gasteiger partial charge in [0.15, 0.2) is 5.69 Å². The van der Waals surface area contributed by atoms with Crippen molar-refractivity contribution in [1.82, 2.24) is 25.3 Å². The van der Waals surface area contributed by atoms with Gasteiger partial charge in [0.1, 0.15) is 5.60 Å². The van der Waals surface area contributed by atoms with Crippen molar-refractivity contribution in [3.05, 3.63) is 47.8 Å². The molecule has 1 aromatic carbocycles. The normalized spacial score (nSPS) is 15.7. The molecule has 12 heteroatoms. The van der Waals surface area contributed by atoms with Gasteiger partial charge in [-0.1, -0.05) is 25.1 Å². The maximum Gasteiger partial charge on any atom is 0.435 e. The van der Waals surface area contributed by atoms with Crippen molar-refractivity contribution in [2.24, 2.45) is 5.41 Å². The van der Waals surface area contributed by atoms with Crippen LogP contribution in [0.4, 0.5) is 18.0 Å². The van der Waals surface area contributed by atoms with Gasteiger partial charge in [0.25, 0.3) is 5.91 Å². The van der Waals surface area contributed by atoms with Gasteiger partial charge in [0.2, 0.25) is 5.91 Å². The largest absolute Gasteiger partial charge is 0.444 e. The fourth-order valence-corrected chi connectivity index (χ4v) is 3.86. The lowest BCUT2D eigenvalue weighted by molar-refractivity contribution is -0.141. The van der Waals surface area contributed by atoms with E-state index in [4.69, 9.17) is 4.74 Å². The molecule has 2 aromatic rings. The van der Waals surface area contributed by atoms with Crippen molar-refractivity contribution in [1.29, 1.82) is 0 Å². The van der Waals surface area contributed by atoms with Crippen molar-refractivity contribution < 1.29 is 32.3 Å². The molecule has 1 aliphatic heterocycles. The first-order valence-corrected chi connectivity index (χ1v) is 12.0. The number of likely N-dealkylation sites (tertiary alicyclic amines) is 1. The Morgan fingerprint density at radius 1 is 1.03 bits per heavy atom. The summed E-state index contributed by atoms with van der Waals surface area (Å²) >= 11 is 0. The van der Waals surface area contributed by atoms with Crippen LogP contribution < -0.4 is 10.6 Å². The summed E-state index contributed by atoms with van der Waals surface area (Å²) in [5, 5.41) is 8.70. The first kappa shape index (κ1) is 28.0. The highest BCUT2D eigenvalue weighted by atomic mass is 19.4. The zero-order chi connectivity index (χ0) is 27.4. The molecular formula is C25H32F3N5O4. The zero-order valence-corrected chi connectivity index (χ0v) is 21.3. The third-order valence-electron chi connectivity index (χ3n) is 6.01. The Hall–Kier alpha value is -3.57. The summed E-state index contributed by atoms with van der Waals surface area (Å²) in [5.41, 5.74) is -2.85. The van der Waals surface area contributed by atoms with E-state index < -0.39 is 40.5 Å². The minimum absolute atomic E-state index is 0.0319. The van der Waals surface area contributed by atoms with Gasteiger partial charge in [-0.05, 0) is 45.7 Å². The lowest BCUT2D eigenvalue weighted by Crippen LogP contribution is -2.50. The molecule has 0 saturated carbocycles. The monoisotopic (exact) mass is 523 g/mol. The van der Waals surface area contributed by atoms with E-state index in [9.17, 15) is 27.6 Å². The number of rotatable bonds is 6. The van der Waals surface area contributed by atoms with E-state index in [1.807, 2.05) is 0 Å². The summed E-state index contributed by atoms with van der Waals surface area (Å²) in [5.74, 6) is -1.20. The van der Waals surface area contributed by atoms with Gasteiger partial charge < -0.3 is 20.3 Å². The number of nitrogens with one attached hydrogen (secondary N) is 2. The minimum Gasteiger partial charge on any atom is -0.444 e. The first-order chi connectivity index (χ1) is 17.2. The molecule has 1 saturated heterocycles. The molecule has 1 fully saturated rings. The molecule has 0 radical (unpaired) electrons. The molecule has 0 aliphatic carbocycles. The summed E-state index contributed by atoms with van der Waals surface area (Å²) in [6.45, 7) is 7.82. The molecular weight excluding hydrogens is 491 g/mol. The van der Waals surface area contributed by atoms with Gasteiger partial charge >= 0.3 is 12.3 Å². The van der Waals surface area contributed by atoms with Crippen LogP contribution in [0.25, 0.3) is 5.69 Å². The number of carbonyl (C=O) groups excluding carboxylic acids is 3. The highest BCUT2D eigenvalue weighted by molar-refractivity contribution is 5.95. The Morgan fingerprint density at radius 2 is 1.62 bits per heavy atom. The molecule has 0 spiro atoms. The number of amides is 3. The van der Waals surface area contributed by atoms with Crippen molar-refractivity contribution in [2.75, 3.05) is 26.2 Å². The van der Waals surface area contributed by atoms with Crippen molar-refractivity contribution in [3.8, 4) is 5.69 Å². The van der Waals surface area contributed by atoms with E-state index in [2.05, 4.69) is 15.7 Å². The summed E-state index contributed by atoms with van der Waals surface area (Å²) in [6.07, 6.45) is -3.35. The van der Waals surface area contributed by atoms with Crippen LogP contribution in [0.5, 0.6) is 0 Å². The molecule has 0 unspecified atom stereocenters. The van der Waals surface area contributed by atoms with E-state index in [-0.39, 0.29) is 19.0 Å². The number of para-hydroxylation sites is 1. The number of halogens is 3. The number of aromatic nitrogens is 2. The van der Waals surface area contributed by atoms with E-state index in [0.29, 0.717) is 31.6 Å². The van der Waals surface area contributed by atoms with Crippen LogP contribution in [0, 0.1) is 5.41 Å². The average molecular weight is 524 g/mol. The number of hydrogen-bond donors (Lipinski definition) is 2. The molecule has 3 amide bonds. The molecule has 1 aliphatic rings. The number of ether oxygens (including phenoxy) is 1. The van der Waals surface area contributed by atoms with Gasteiger partial charge in [-0.25, -0.2) is 9.48 Å². The minimum atomic E-state index is -4.82. The topological polar surface area (TPSA) is 106 Å². The number of nitrogens with zero attached hydrogens (tertiary/aromatic N) is 3. The Bertz CT molecular complexity index is 1120. The maximum atomic E-state index is 13.5. The SMILES string of the molecule is CC(C)(C)OC(=O)N1CCC(C)(C(=O)NCCNC(=O)c2cn(-c3ccccc3)nc2C(F)(F)F)CC1. The third-order valence-corrected chi connectivity index (χ3v) is 6.01. The van der Waals surface area contributed by atoms with Crippen LogP contribution in [-0.2, 0) is 15.7 Å². The second kappa shape index (κ2) is 10.8. The van der Waals surface area contributed by atoms with E-state index in [1.165, 1.54) is 0 Å².